The van der Waals surface area contributed by atoms with Crippen molar-refractivity contribution in [2.45, 2.75) is 30.5 Å². The summed E-state index contributed by atoms with van der Waals surface area (Å²) in [6.45, 7) is 1.48. The summed E-state index contributed by atoms with van der Waals surface area (Å²) in [6, 6.07) is 8.09. The van der Waals surface area contributed by atoms with Crippen molar-refractivity contribution in [2.75, 3.05) is 13.1 Å². The number of alkyl halides is 3. The van der Waals surface area contributed by atoms with Crippen LogP contribution in [-0.2, 0) is 21.0 Å². The van der Waals surface area contributed by atoms with Gasteiger partial charge in [0.2, 0.25) is 15.9 Å². The highest BCUT2D eigenvalue weighted by molar-refractivity contribution is 7.89. The number of hydrogen-bond acceptors (Lipinski definition) is 5. The van der Waals surface area contributed by atoms with Crippen LogP contribution in [0.25, 0.3) is 0 Å². The number of halogens is 3. The summed E-state index contributed by atoms with van der Waals surface area (Å²) in [4.78, 5) is 23.1. The van der Waals surface area contributed by atoms with Crippen LogP contribution in [0.1, 0.15) is 29.3 Å². The molecule has 8 nitrogen and oxygen atoms in total. The van der Waals surface area contributed by atoms with Gasteiger partial charge in [0.15, 0.2) is 0 Å². The van der Waals surface area contributed by atoms with E-state index in [0.29, 0.717) is 12.5 Å². The van der Waals surface area contributed by atoms with E-state index in [2.05, 4.69) is 10.6 Å². The van der Waals surface area contributed by atoms with E-state index in [1.165, 1.54) is 31.2 Å². The van der Waals surface area contributed by atoms with Gasteiger partial charge < -0.3 is 15.7 Å². The Hall–Kier alpha value is -3.12. The summed E-state index contributed by atoms with van der Waals surface area (Å²) in [6.07, 6.45) is -4.56. The van der Waals surface area contributed by atoms with Crippen LogP contribution < -0.4 is 15.4 Å². The number of sulfonamides is 1. The van der Waals surface area contributed by atoms with Gasteiger partial charge in [0, 0.05) is 18.7 Å². The third-order valence-corrected chi connectivity index (χ3v) is 5.85. The quantitative estimate of drug-likeness (QED) is 0.415. The Morgan fingerprint density at radius 1 is 1.03 bits per heavy atom. The summed E-state index contributed by atoms with van der Waals surface area (Å²) in [5, 5.41) is 14.4. The first kappa shape index (κ1) is 25.1. The predicted octanol–water partition coefficient (Wildman–Crippen LogP) is 2.01. The molecular weight excluding hydrogens is 451 g/mol. The van der Waals surface area contributed by atoms with Crippen molar-refractivity contribution < 1.29 is 36.3 Å². The van der Waals surface area contributed by atoms with E-state index >= 15 is 0 Å². The van der Waals surface area contributed by atoms with Gasteiger partial charge in [-0.2, -0.15) is 17.9 Å². The first-order chi connectivity index (χ1) is 14.9. The van der Waals surface area contributed by atoms with E-state index in [1.54, 1.807) is 0 Å². The van der Waals surface area contributed by atoms with Crippen LogP contribution in [0.15, 0.2) is 53.4 Å². The van der Waals surface area contributed by atoms with Crippen molar-refractivity contribution in [3.05, 3.63) is 59.7 Å². The molecule has 0 radical (unpaired) electrons. The second-order valence-corrected chi connectivity index (χ2v) is 8.47. The van der Waals surface area contributed by atoms with Crippen molar-refractivity contribution in [3.8, 4) is 5.75 Å². The lowest BCUT2D eigenvalue weighted by Gasteiger charge is -2.17. The minimum atomic E-state index is -4.88. The minimum Gasteiger partial charge on any atom is -0.508 e. The Bertz CT molecular complexity index is 1070. The number of amides is 2. The maximum absolute atomic E-state index is 13.1. The predicted molar refractivity (Wildman–Crippen MR) is 109 cm³/mol. The van der Waals surface area contributed by atoms with Crippen molar-refractivity contribution >= 4 is 21.8 Å². The molecule has 2 aromatic carbocycles. The van der Waals surface area contributed by atoms with Crippen LogP contribution in [-0.4, -0.2) is 44.5 Å². The maximum atomic E-state index is 13.1. The highest BCUT2D eigenvalue weighted by Crippen LogP contribution is 2.33. The monoisotopic (exact) mass is 473 g/mol. The molecule has 0 bridgehead atoms. The Morgan fingerprint density at radius 2 is 1.69 bits per heavy atom. The molecule has 2 rings (SSSR count). The van der Waals surface area contributed by atoms with E-state index in [0.717, 1.165) is 18.2 Å². The number of carbonyl (C=O) groups is 2. The molecule has 0 heterocycles. The van der Waals surface area contributed by atoms with Crippen molar-refractivity contribution in [1.29, 1.82) is 0 Å². The molecule has 174 valence electrons. The van der Waals surface area contributed by atoms with Crippen LogP contribution in [0.5, 0.6) is 5.75 Å². The van der Waals surface area contributed by atoms with E-state index in [1.807, 2.05) is 4.72 Å². The molecule has 2 amide bonds. The Kier molecular flexibility index (Phi) is 8.22. The molecule has 0 aliphatic rings. The molecule has 2 aromatic rings. The zero-order valence-electron chi connectivity index (χ0n) is 16.9. The fraction of sp³-hybridized carbons (Fsp3) is 0.300. The van der Waals surface area contributed by atoms with Gasteiger partial charge in [0.1, 0.15) is 5.75 Å². The molecule has 0 aliphatic heterocycles. The zero-order chi connectivity index (χ0) is 23.9. The van der Waals surface area contributed by atoms with Gasteiger partial charge >= 0.3 is 6.18 Å². The number of carbonyl (C=O) groups excluding carboxylic acids is 2. The molecule has 1 atom stereocenters. The number of benzene rings is 2. The summed E-state index contributed by atoms with van der Waals surface area (Å²) in [5.74, 6) is -1.21. The van der Waals surface area contributed by atoms with E-state index < -0.39 is 44.5 Å². The molecular formula is C20H22F3N3O5S. The second kappa shape index (κ2) is 10.5. The summed E-state index contributed by atoms with van der Waals surface area (Å²) in [5.41, 5.74) is -1.07. The zero-order valence-corrected chi connectivity index (χ0v) is 17.8. The molecule has 0 aliphatic carbocycles. The molecule has 32 heavy (non-hydrogen) atoms. The van der Waals surface area contributed by atoms with Gasteiger partial charge in [-0.05, 0) is 43.7 Å². The summed E-state index contributed by atoms with van der Waals surface area (Å²) < 4.78 is 65.9. The second-order valence-electron chi connectivity index (χ2n) is 6.79. The SMILES string of the molecule is C[C@H](NS(=O)(=O)c1ccccc1C(F)(F)F)C(=O)NCCCNC(=O)c1cccc(O)c1. The Labute approximate surface area is 182 Å². The van der Waals surface area contributed by atoms with Gasteiger partial charge in [0.05, 0.1) is 16.5 Å². The Morgan fingerprint density at radius 3 is 2.34 bits per heavy atom. The number of rotatable bonds is 9. The standard InChI is InChI=1S/C20H22F3N3O5S/c1-13(26-32(30,31)17-9-3-2-8-16(17)20(21,22)23)18(28)24-10-5-11-25-19(29)14-6-4-7-15(27)12-14/h2-4,6-9,12-13,26-27H,5,10-11H2,1H3,(H,24,28)(H,25,29)/t13-/m0/s1. The van der Waals surface area contributed by atoms with E-state index in [9.17, 15) is 36.3 Å². The van der Waals surface area contributed by atoms with Crippen LogP contribution in [0.3, 0.4) is 0 Å². The molecule has 0 spiro atoms. The lowest BCUT2D eigenvalue weighted by molar-refractivity contribution is -0.139. The fourth-order valence-corrected chi connectivity index (χ4v) is 4.12. The number of phenolic OH excluding ortho intramolecular Hbond substituents is 1. The molecule has 4 N–H and O–H groups in total. The highest BCUT2D eigenvalue weighted by Gasteiger charge is 2.37. The van der Waals surface area contributed by atoms with Gasteiger partial charge in [-0.25, -0.2) is 8.42 Å². The average molecular weight is 473 g/mol. The molecule has 0 saturated heterocycles. The Balaban J connectivity index is 1.84. The van der Waals surface area contributed by atoms with E-state index in [4.69, 9.17) is 0 Å². The van der Waals surface area contributed by atoms with Crippen molar-refractivity contribution in [1.82, 2.24) is 15.4 Å². The number of hydrogen-bond donors (Lipinski definition) is 4. The molecule has 0 saturated carbocycles. The average Bonchev–Trinajstić information content (AvgIpc) is 2.72. The number of nitrogens with one attached hydrogen (secondary N) is 3. The minimum absolute atomic E-state index is 0.0563. The normalized spacial score (nSPS) is 12.8. The van der Waals surface area contributed by atoms with Crippen molar-refractivity contribution in [2.24, 2.45) is 0 Å². The highest BCUT2D eigenvalue weighted by atomic mass is 32.2. The van der Waals surface area contributed by atoms with Crippen LogP contribution in [0.4, 0.5) is 13.2 Å². The van der Waals surface area contributed by atoms with E-state index in [-0.39, 0.29) is 24.4 Å². The fourth-order valence-electron chi connectivity index (χ4n) is 2.69. The van der Waals surface area contributed by atoms with Gasteiger partial charge in [-0.1, -0.05) is 18.2 Å². The first-order valence-electron chi connectivity index (χ1n) is 9.45. The third kappa shape index (κ3) is 6.95. The lowest BCUT2D eigenvalue weighted by atomic mass is 10.2. The maximum Gasteiger partial charge on any atom is 0.417 e. The van der Waals surface area contributed by atoms with Crippen LogP contribution in [0, 0.1) is 0 Å². The van der Waals surface area contributed by atoms with Crippen LogP contribution >= 0.6 is 0 Å². The summed E-state index contributed by atoms with van der Waals surface area (Å²) >= 11 is 0. The first-order valence-corrected chi connectivity index (χ1v) is 10.9. The topological polar surface area (TPSA) is 125 Å². The smallest absolute Gasteiger partial charge is 0.417 e. The number of phenols is 1. The van der Waals surface area contributed by atoms with Gasteiger partial charge in [-0.15, -0.1) is 0 Å². The summed E-state index contributed by atoms with van der Waals surface area (Å²) in [7, 11) is -4.61. The molecule has 0 aromatic heterocycles. The molecule has 0 fully saturated rings. The van der Waals surface area contributed by atoms with Gasteiger partial charge in [0.25, 0.3) is 5.91 Å². The van der Waals surface area contributed by atoms with Gasteiger partial charge in [-0.3, -0.25) is 9.59 Å². The number of aromatic hydroxyl groups is 1. The molecule has 12 heteroatoms. The molecule has 0 unspecified atom stereocenters. The lowest BCUT2D eigenvalue weighted by Crippen LogP contribution is -2.45. The van der Waals surface area contributed by atoms with Crippen molar-refractivity contribution in [3.63, 3.8) is 0 Å². The third-order valence-electron chi connectivity index (χ3n) is 4.25. The largest absolute Gasteiger partial charge is 0.508 e. The van der Waals surface area contributed by atoms with Crippen LogP contribution in [0.2, 0.25) is 0 Å².